The SMILES string of the molecule is CC(C)CC[C@@H](O)[C@@H](N)c1cc(F)ccc1F. The molecule has 2 nitrogen and oxygen atoms in total. The van der Waals surface area contributed by atoms with Crippen LogP contribution in [0.2, 0.25) is 0 Å². The van der Waals surface area contributed by atoms with Crippen molar-refractivity contribution in [1.82, 2.24) is 0 Å². The van der Waals surface area contributed by atoms with Gasteiger partial charge in [0.1, 0.15) is 11.6 Å². The molecule has 0 aliphatic carbocycles. The van der Waals surface area contributed by atoms with Crippen LogP contribution in [0.15, 0.2) is 18.2 Å². The van der Waals surface area contributed by atoms with Crippen LogP contribution in [-0.2, 0) is 0 Å². The van der Waals surface area contributed by atoms with Gasteiger partial charge in [-0.2, -0.15) is 0 Å². The van der Waals surface area contributed by atoms with E-state index in [0.717, 1.165) is 24.6 Å². The maximum Gasteiger partial charge on any atom is 0.128 e. The van der Waals surface area contributed by atoms with E-state index in [-0.39, 0.29) is 5.56 Å². The van der Waals surface area contributed by atoms with E-state index in [1.165, 1.54) is 0 Å². The molecule has 0 aliphatic heterocycles. The number of hydrogen-bond donors (Lipinski definition) is 2. The van der Waals surface area contributed by atoms with E-state index in [1.54, 1.807) is 0 Å². The number of hydrogen-bond acceptors (Lipinski definition) is 2. The van der Waals surface area contributed by atoms with Crippen molar-refractivity contribution < 1.29 is 13.9 Å². The summed E-state index contributed by atoms with van der Waals surface area (Å²) in [6.45, 7) is 4.06. The first-order valence-electron chi connectivity index (χ1n) is 5.80. The molecule has 1 rings (SSSR count). The molecule has 0 saturated carbocycles. The minimum absolute atomic E-state index is 0.0289. The van der Waals surface area contributed by atoms with Crippen LogP contribution in [0.1, 0.15) is 38.3 Å². The number of nitrogens with two attached hydrogens (primary N) is 1. The average Bonchev–Trinajstić information content (AvgIpc) is 2.28. The van der Waals surface area contributed by atoms with Gasteiger partial charge in [-0.25, -0.2) is 8.78 Å². The predicted molar refractivity (Wildman–Crippen MR) is 63.4 cm³/mol. The number of aliphatic hydroxyl groups excluding tert-OH is 1. The summed E-state index contributed by atoms with van der Waals surface area (Å²) in [5.74, 6) is -0.690. The van der Waals surface area contributed by atoms with Crippen molar-refractivity contribution in [2.24, 2.45) is 11.7 Å². The van der Waals surface area contributed by atoms with E-state index in [9.17, 15) is 13.9 Å². The van der Waals surface area contributed by atoms with Crippen molar-refractivity contribution >= 4 is 0 Å². The van der Waals surface area contributed by atoms with Gasteiger partial charge >= 0.3 is 0 Å². The van der Waals surface area contributed by atoms with Crippen LogP contribution < -0.4 is 5.73 Å². The lowest BCUT2D eigenvalue weighted by Gasteiger charge is -2.20. The summed E-state index contributed by atoms with van der Waals surface area (Å²) >= 11 is 0. The summed E-state index contributed by atoms with van der Waals surface area (Å²) in [6.07, 6.45) is 0.425. The third kappa shape index (κ3) is 4.06. The van der Waals surface area contributed by atoms with Gasteiger partial charge in [0.05, 0.1) is 12.1 Å². The van der Waals surface area contributed by atoms with Crippen molar-refractivity contribution in [3.63, 3.8) is 0 Å². The molecule has 0 bridgehead atoms. The molecular formula is C13H19F2NO. The van der Waals surface area contributed by atoms with Gasteiger partial charge in [0.15, 0.2) is 0 Å². The lowest BCUT2D eigenvalue weighted by atomic mass is 9.95. The van der Waals surface area contributed by atoms with Crippen molar-refractivity contribution in [1.29, 1.82) is 0 Å². The van der Waals surface area contributed by atoms with E-state index in [2.05, 4.69) is 0 Å². The summed E-state index contributed by atoms with van der Waals surface area (Å²) in [5, 5.41) is 9.82. The Kier molecular flexibility index (Phi) is 5.02. The first kappa shape index (κ1) is 14.1. The Balaban J connectivity index is 2.74. The summed E-state index contributed by atoms with van der Waals surface area (Å²) in [7, 11) is 0. The minimum Gasteiger partial charge on any atom is -0.391 e. The van der Waals surface area contributed by atoms with E-state index in [1.807, 2.05) is 13.8 Å². The maximum atomic E-state index is 13.4. The Morgan fingerprint density at radius 1 is 1.24 bits per heavy atom. The highest BCUT2D eigenvalue weighted by Gasteiger charge is 2.20. The highest BCUT2D eigenvalue weighted by molar-refractivity contribution is 5.22. The molecule has 3 N–H and O–H groups in total. The highest BCUT2D eigenvalue weighted by Crippen LogP contribution is 2.22. The molecule has 0 aliphatic rings. The molecule has 0 amide bonds. The predicted octanol–water partition coefficient (Wildman–Crippen LogP) is 2.76. The molecule has 0 heterocycles. The van der Waals surface area contributed by atoms with E-state index in [0.29, 0.717) is 12.3 Å². The fraction of sp³-hybridized carbons (Fsp3) is 0.538. The molecule has 0 spiro atoms. The van der Waals surface area contributed by atoms with Crippen molar-refractivity contribution in [3.05, 3.63) is 35.4 Å². The molecular weight excluding hydrogens is 224 g/mol. The summed E-state index contributed by atoms with van der Waals surface area (Å²) in [5.41, 5.74) is 5.77. The van der Waals surface area contributed by atoms with Crippen LogP contribution in [-0.4, -0.2) is 11.2 Å². The van der Waals surface area contributed by atoms with Gasteiger partial charge in [-0.3, -0.25) is 0 Å². The highest BCUT2D eigenvalue weighted by atomic mass is 19.1. The zero-order valence-electron chi connectivity index (χ0n) is 10.2. The fourth-order valence-electron chi connectivity index (χ4n) is 1.66. The Morgan fingerprint density at radius 2 is 1.88 bits per heavy atom. The van der Waals surface area contributed by atoms with Crippen LogP contribution in [0, 0.1) is 17.6 Å². The summed E-state index contributed by atoms with van der Waals surface area (Å²) < 4.78 is 26.4. The van der Waals surface area contributed by atoms with Crippen molar-refractivity contribution in [3.8, 4) is 0 Å². The first-order chi connectivity index (χ1) is 7.91. The zero-order valence-corrected chi connectivity index (χ0v) is 10.2. The van der Waals surface area contributed by atoms with Crippen LogP contribution in [0.5, 0.6) is 0 Å². The second-order valence-corrected chi connectivity index (χ2v) is 4.73. The van der Waals surface area contributed by atoms with Gasteiger partial charge in [-0.1, -0.05) is 13.8 Å². The molecule has 96 valence electrons. The monoisotopic (exact) mass is 243 g/mol. The second kappa shape index (κ2) is 6.07. The zero-order chi connectivity index (χ0) is 13.0. The van der Waals surface area contributed by atoms with Crippen LogP contribution in [0.3, 0.4) is 0 Å². The summed E-state index contributed by atoms with van der Waals surface area (Å²) in [6, 6.07) is 2.22. The average molecular weight is 243 g/mol. The van der Waals surface area contributed by atoms with Crippen LogP contribution >= 0.6 is 0 Å². The van der Waals surface area contributed by atoms with Gasteiger partial charge < -0.3 is 10.8 Å². The smallest absolute Gasteiger partial charge is 0.128 e. The molecule has 0 saturated heterocycles. The van der Waals surface area contributed by atoms with Crippen LogP contribution in [0.25, 0.3) is 0 Å². The van der Waals surface area contributed by atoms with Crippen molar-refractivity contribution in [2.45, 2.75) is 38.8 Å². The van der Waals surface area contributed by atoms with Gasteiger partial charge in [-0.05, 0) is 37.0 Å². The van der Waals surface area contributed by atoms with Crippen LogP contribution in [0.4, 0.5) is 8.78 Å². The molecule has 2 atom stereocenters. The Hall–Kier alpha value is -1.00. The molecule has 0 fully saturated rings. The Morgan fingerprint density at radius 3 is 2.47 bits per heavy atom. The molecule has 1 aromatic carbocycles. The van der Waals surface area contributed by atoms with E-state index in [4.69, 9.17) is 5.73 Å². The molecule has 0 aromatic heterocycles. The Bertz CT molecular complexity index is 368. The number of rotatable bonds is 5. The number of benzene rings is 1. The lowest BCUT2D eigenvalue weighted by molar-refractivity contribution is 0.126. The first-order valence-corrected chi connectivity index (χ1v) is 5.80. The standard InChI is InChI=1S/C13H19F2NO/c1-8(2)3-6-12(17)13(16)10-7-9(14)4-5-11(10)15/h4-5,7-8,12-13,17H,3,6,16H2,1-2H3/t12-,13+/m1/s1. The lowest BCUT2D eigenvalue weighted by Crippen LogP contribution is -2.27. The maximum absolute atomic E-state index is 13.4. The van der Waals surface area contributed by atoms with Gasteiger partial charge in [0, 0.05) is 5.56 Å². The van der Waals surface area contributed by atoms with Gasteiger partial charge in [-0.15, -0.1) is 0 Å². The Labute approximate surface area is 100 Å². The van der Waals surface area contributed by atoms with Crippen molar-refractivity contribution in [2.75, 3.05) is 0 Å². The molecule has 17 heavy (non-hydrogen) atoms. The van der Waals surface area contributed by atoms with E-state index < -0.39 is 23.8 Å². The number of aliphatic hydroxyl groups is 1. The normalized spacial score (nSPS) is 15.0. The van der Waals surface area contributed by atoms with Gasteiger partial charge in [0.2, 0.25) is 0 Å². The second-order valence-electron chi connectivity index (χ2n) is 4.73. The fourth-order valence-corrected chi connectivity index (χ4v) is 1.66. The third-order valence-corrected chi connectivity index (χ3v) is 2.77. The quantitative estimate of drug-likeness (QED) is 0.835. The minimum atomic E-state index is -0.885. The topological polar surface area (TPSA) is 46.2 Å². The van der Waals surface area contributed by atoms with Gasteiger partial charge in [0.25, 0.3) is 0 Å². The van der Waals surface area contributed by atoms with E-state index >= 15 is 0 Å². The molecule has 1 aromatic rings. The molecule has 0 radical (unpaired) electrons. The largest absolute Gasteiger partial charge is 0.391 e. The molecule has 4 heteroatoms. The third-order valence-electron chi connectivity index (χ3n) is 2.77. The number of halogens is 2. The molecule has 0 unspecified atom stereocenters. The summed E-state index contributed by atoms with van der Waals surface area (Å²) in [4.78, 5) is 0.